The van der Waals surface area contributed by atoms with Crippen molar-refractivity contribution in [3.63, 3.8) is 0 Å². The topological polar surface area (TPSA) is 32.3 Å². The molecule has 0 radical (unpaired) electrons. The highest BCUT2D eigenvalue weighted by molar-refractivity contribution is 6.27. The van der Waals surface area contributed by atoms with Gasteiger partial charge in [-0.05, 0) is 161 Å². The zero-order valence-electron chi connectivity index (χ0n) is 42.7. The summed E-state index contributed by atoms with van der Waals surface area (Å²) in [5, 5.41) is 7.48. The van der Waals surface area contributed by atoms with E-state index in [0.29, 0.717) is 0 Å². The summed E-state index contributed by atoms with van der Waals surface area (Å²) in [6.07, 6.45) is 7.56. The molecule has 2 aromatic heterocycles. The molecule has 0 aliphatic rings. The molecule has 366 valence electrons. The third-order valence-electron chi connectivity index (χ3n) is 15.2. The van der Waals surface area contributed by atoms with Crippen LogP contribution in [-0.2, 0) is 0 Å². The molecule has 0 aliphatic carbocycles. The van der Waals surface area contributed by atoms with Gasteiger partial charge in [-0.25, -0.2) is 0 Å². The van der Waals surface area contributed by atoms with E-state index in [4.69, 9.17) is 0 Å². The summed E-state index contributed by atoms with van der Waals surface area (Å²) in [6.45, 7) is 0. The van der Waals surface area contributed by atoms with Crippen LogP contribution in [-0.4, -0.2) is 9.97 Å². The molecule has 4 heteroatoms. The van der Waals surface area contributed by atoms with Crippen LogP contribution < -0.4 is 9.80 Å². The van der Waals surface area contributed by atoms with E-state index in [-0.39, 0.29) is 0 Å². The molecule has 0 amide bonds. The molecule has 14 rings (SSSR count). The Morgan fingerprint density at radius 2 is 0.577 bits per heavy atom. The van der Waals surface area contributed by atoms with Crippen LogP contribution in [0.1, 0.15) is 0 Å². The average Bonchev–Trinajstić information content (AvgIpc) is 3.61. The van der Waals surface area contributed by atoms with Gasteiger partial charge in [-0.2, -0.15) is 0 Å². The summed E-state index contributed by atoms with van der Waals surface area (Å²) in [4.78, 5) is 13.9. The Hall–Kier alpha value is -10.4. The summed E-state index contributed by atoms with van der Waals surface area (Å²) in [5.41, 5.74) is 20.2. The van der Waals surface area contributed by atoms with E-state index >= 15 is 0 Å². The van der Waals surface area contributed by atoms with Gasteiger partial charge >= 0.3 is 0 Å². The first-order valence-corrected chi connectivity index (χ1v) is 26.5. The molecular weight excluding hydrogens is 945 g/mol. The number of anilines is 6. The van der Waals surface area contributed by atoms with E-state index in [9.17, 15) is 0 Å². The lowest BCUT2D eigenvalue weighted by molar-refractivity contribution is 1.23. The molecule has 2 heterocycles. The second-order valence-corrected chi connectivity index (χ2v) is 19.8. The van der Waals surface area contributed by atoms with E-state index in [0.717, 1.165) is 67.5 Å². The molecule has 12 aromatic carbocycles. The molecule has 0 spiro atoms. The van der Waals surface area contributed by atoms with Crippen LogP contribution in [0, 0.1) is 0 Å². The number of hydrogen-bond acceptors (Lipinski definition) is 4. The Kier molecular flexibility index (Phi) is 11.8. The van der Waals surface area contributed by atoms with Crippen molar-refractivity contribution in [3.8, 4) is 66.8 Å². The third kappa shape index (κ3) is 8.48. The van der Waals surface area contributed by atoms with Gasteiger partial charge in [-0.3, -0.25) is 9.97 Å². The fraction of sp³-hybridized carbons (Fsp3) is 0. The SMILES string of the molecule is c1ccc(-c2ccc(N(c3ccc(-c4ccc5ccc6c(-c7ccc(N(c8cccnc8)c8ccc(-c9ccccc9)cc8-c8ccccc8)cc7)ccc7ccc4c5c76)cc3)c3cccnc3)c(-c3ccccc3)c2)cc1. The van der Waals surface area contributed by atoms with Crippen LogP contribution in [0.3, 0.4) is 0 Å². The number of benzene rings is 12. The van der Waals surface area contributed by atoms with Crippen molar-refractivity contribution in [1.82, 2.24) is 9.97 Å². The molecule has 0 fully saturated rings. The van der Waals surface area contributed by atoms with Crippen LogP contribution in [0.25, 0.3) is 99.1 Å². The molecular formula is C74H50N4. The van der Waals surface area contributed by atoms with Crippen LogP contribution >= 0.6 is 0 Å². The van der Waals surface area contributed by atoms with Crippen molar-refractivity contribution in [1.29, 1.82) is 0 Å². The van der Waals surface area contributed by atoms with Crippen LogP contribution in [0.15, 0.2) is 304 Å². The first kappa shape index (κ1) is 46.1. The highest BCUT2D eigenvalue weighted by Gasteiger charge is 2.22. The largest absolute Gasteiger partial charge is 0.308 e. The Morgan fingerprint density at radius 1 is 0.231 bits per heavy atom. The lowest BCUT2D eigenvalue weighted by Crippen LogP contribution is -2.11. The predicted molar refractivity (Wildman–Crippen MR) is 328 cm³/mol. The van der Waals surface area contributed by atoms with E-state index in [1.165, 1.54) is 65.7 Å². The summed E-state index contributed by atoms with van der Waals surface area (Å²) in [5.74, 6) is 0. The smallest absolute Gasteiger partial charge is 0.0645 e. The zero-order valence-corrected chi connectivity index (χ0v) is 42.7. The number of nitrogens with zero attached hydrogens (tertiary/aromatic N) is 4. The molecule has 0 N–H and O–H groups in total. The molecule has 0 bridgehead atoms. The Balaban J connectivity index is 0.839. The Bertz CT molecular complexity index is 4090. The minimum Gasteiger partial charge on any atom is -0.308 e. The molecule has 14 aromatic rings. The van der Waals surface area contributed by atoms with Gasteiger partial charge in [0.05, 0.1) is 35.1 Å². The van der Waals surface area contributed by atoms with Crippen LogP contribution in [0.2, 0.25) is 0 Å². The Morgan fingerprint density at radius 3 is 0.949 bits per heavy atom. The minimum atomic E-state index is 0.986. The molecule has 0 aliphatic heterocycles. The lowest BCUT2D eigenvalue weighted by atomic mass is 9.87. The highest BCUT2D eigenvalue weighted by Crippen LogP contribution is 2.47. The standard InChI is InChI=1S/C74H50N4/c1-5-15-51(16-6-1)59-33-43-71(69(47-59)53-19-9-3-10-20-53)77(63-23-13-45-75-49-63)61-35-25-55(26-36-61)65-39-29-57-32-42-68-66(40-30-58-31-41-67(65)73(57)74(58)68)56-27-37-62(38-28-56)78(64-24-14-46-76-50-64)72-44-34-60(52-17-7-2-8-18-52)48-70(72)54-21-11-4-12-22-54/h1-50H. The first-order chi connectivity index (χ1) is 38.7. The summed E-state index contributed by atoms with van der Waals surface area (Å²) in [7, 11) is 0. The summed E-state index contributed by atoms with van der Waals surface area (Å²) in [6, 6.07) is 101. The van der Waals surface area contributed by atoms with Crippen LogP contribution in [0.5, 0.6) is 0 Å². The third-order valence-corrected chi connectivity index (χ3v) is 15.2. The average molecular weight is 995 g/mol. The molecule has 4 nitrogen and oxygen atoms in total. The maximum absolute atomic E-state index is 4.60. The van der Waals surface area contributed by atoms with Crippen molar-refractivity contribution in [2.24, 2.45) is 0 Å². The van der Waals surface area contributed by atoms with E-state index in [1.54, 1.807) is 0 Å². The molecule has 0 atom stereocenters. The zero-order chi connectivity index (χ0) is 51.8. The van der Waals surface area contributed by atoms with Gasteiger partial charge in [0.1, 0.15) is 0 Å². The van der Waals surface area contributed by atoms with Crippen molar-refractivity contribution < 1.29 is 0 Å². The van der Waals surface area contributed by atoms with Gasteiger partial charge in [-0.1, -0.05) is 206 Å². The molecule has 0 saturated carbocycles. The number of aromatic nitrogens is 2. The number of hydrogen-bond donors (Lipinski definition) is 0. The van der Waals surface area contributed by atoms with Crippen LogP contribution in [0.4, 0.5) is 34.1 Å². The minimum absolute atomic E-state index is 0.986. The summed E-state index contributed by atoms with van der Waals surface area (Å²) < 4.78 is 0. The van der Waals surface area contributed by atoms with Gasteiger partial charge in [0.25, 0.3) is 0 Å². The second kappa shape index (κ2) is 20.0. The van der Waals surface area contributed by atoms with Crippen molar-refractivity contribution >= 4 is 66.4 Å². The van der Waals surface area contributed by atoms with E-state index in [1.807, 2.05) is 36.9 Å². The Labute approximate surface area is 454 Å². The molecule has 78 heavy (non-hydrogen) atoms. The molecule has 0 unspecified atom stereocenters. The quantitative estimate of drug-likeness (QED) is 0.114. The number of pyridine rings is 2. The first-order valence-electron chi connectivity index (χ1n) is 26.5. The maximum Gasteiger partial charge on any atom is 0.0645 e. The van der Waals surface area contributed by atoms with Crippen molar-refractivity contribution in [3.05, 3.63) is 304 Å². The predicted octanol–water partition coefficient (Wildman–Crippen LogP) is 20.3. The normalized spacial score (nSPS) is 11.3. The monoisotopic (exact) mass is 994 g/mol. The highest BCUT2D eigenvalue weighted by atomic mass is 15.2. The fourth-order valence-corrected chi connectivity index (χ4v) is 11.5. The maximum atomic E-state index is 4.60. The van der Waals surface area contributed by atoms with Gasteiger partial charge in [0, 0.05) is 34.9 Å². The van der Waals surface area contributed by atoms with Gasteiger partial charge < -0.3 is 9.80 Å². The van der Waals surface area contributed by atoms with Gasteiger partial charge in [0.2, 0.25) is 0 Å². The van der Waals surface area contributed by atoms with Gasteiger partial charge in [-0.15, -0.1) is 0 Å². The molecule has 0 saturated heterocycles. The fourth-order valence-electron chi connectivity index (χ4n) is 11.5. The summed E-state index contributed by atoms with van der Waals surface area (Å²) >= 11 is 0. The number of rotatable bonds is 12. The second-order valence-electron chi connectivity index (χ2n) is 19.8. The van der Waals surface area contributed by atoms with E-state index < -0.39 is 0 Å². The van der Waals surface area contributed by atoms with E-state index in [2.05, 4.69) is 287 Å². The van der Waals surface area contributed by atoms with Crippen molar-refractivity contribution in [2.75, 3.05) is 9.80 Å². The van der Waals surface area contributed by atoms with Gasteiger partial charge in [0.15, 0.2) is 0 Å². The van der Waals surface area contributed by atoms with Crippen molar-refractivity contribution in [2.45, 2.75) is 0 Å². The lowest BCUT2D eigenvalue weighted by Gasteiger charge is -2.28.